The van der Waals surface area contributed by atoms with Gasteiger partial charge in [0, 0.05) is 18.3 Å². The van der Waals surface area contributed by atoms with Crippen molar-refractivity contribution in [2.75, 3.05) is 13.2 Å². The molecule has 0 saturated heterocycles. The zero-order chi connectivity index (χ0) is 21.0. The summed E-state index contributed by atoms with van der Waals surface area (Å²) in [4.78, 5) is 53.5. The number of amides is 2. The maximum atomic E-state index is 12.4. The molecule has 0 unspecified atom stereocenters. The fourth-order valence-electron chi connectivity index (χ4n) is 2.88. The lowest BCUT2D eigenvalue weighted by atomic mass is 10.1. The number of thiazole rings is 1. The van der Waals surface area contributed by atoms with Crippen LogP contribution in [0.25, 0.3) is 0 Å². The van der Waals surface area contributed by atoms with Gasteiger partial charge in [0.1, 0.15) is 6.61 Å². The normalized spacial score (nSPS) is 12.8. The van der Waals surface area contributed by atoms with Gasteiger partial charge >= 0.3 is 11.9 Å². The van der Waals surface area contributed by atoms with Crippen LogP contribution < -0.4 is 0 Å². The number of rotatable bonds is 8. The summed E-state index contributed by atoms with van der Waals surface area (Å²) < 4.78 is 10.00. The highest BCUT2D eigenvalue weighted by molar-refractivity contribution is 7.11. The highest BCUT2D eigenvalue weighted by Gasteiger charge is 2.35. The molecule has 0 aliphatic carbocycles. The highest BCUT2D eigenvalue weighted by Crippen LogP contribution is 2.24. The summed E-state index contributed by atoms with van der Waals surface area (Å²) in [5.74, 6) is -1.65. The largest absolute Gasteiger partial charge is 0.461 e. The topological polar surface area (TPSA) is 103 Å². The minimum Gasteiger partial charge on any atom is -0.461 e. The summed E-state index contributed by atoms with van der Waals surface area (Å²) in [6.07, 6.45) is 0.357. The Morgan fingerprint density at radius 1 is 1.14 bits per heavy atom. The van der Waals surface area contributed by atoms with Crippen molar-refractivity contribution in [1.82, 2.24) is 9.88 Å². The van der Waals surface area contributed by atoms with Gasteiger partial charge in [-0.05, 0) is 32.4 Å². The molecule has 3 rings (SSSR count). The smallest absolute Gasteiger partial charge is 0.367 e. The molecule has 1 aromatic carbocycles. The van der Waals surface area contributed by atoms with Crippen molar-refractivity contribution in [2.45, 2.75) is 33.3 Å². The van der Waals surface area contributed by atoms with Crippen molar-refractivity contribution < 1.29 is 28.7 Å². The minimum atomic E-state index is -0.508. The van der Waals surface area contributed by atoms with Gasteiger partial charge in [-0.1, -0.05) is 11.6 Å². The molecule has 1 aliphatic heterocycles. The van der Waals surface area contributed by atoms with Gasteiger partial charge in [-0.15, -0.1) is 11.3 Å². The van der Waals surface area contributed by atoms with Gasteiger partial charge in [0.25, 0.3) is 11.8 Å². The number of aromatic nitrogens is 1. The monoisotopic (exact) mass is 416 g/mol. The van der Waals surface area contributed by atoms with E-state index in [0.717, 1.165) is 21.8 Å². The summed E-state index contributed by atoms with van der Waals surface area (Å²) >= 11 is 1.12. The Labute approximate surface area is 171 Å². The molecular formula is C20H20N2O6S. The number of imide groups is 1. The first-order chi connectivity index (χ1) is 13.9. The number of aryl methyl sites for hydroxylation is 1. The molecule has 0 radical (unpaired) electrons. The first kappa shape index (κ1) is 20.7. The first-order valence-corrected chi connectivity index (χ1v) is 10.0. The Hall–Kier alpha value is -3.07. The van der Waals surface area contributed by atoms with Gasteiger partial charge in [-0.3, -0.25) is 19.3 Å². The lowest BCUT2D eigenvalue weighted by Crippen LogP contribution is -2.31. The Morgan fingerprint density at radius 3 is 2.66 bits per heavy atom. The van der Waals surface area contributed by atoms with Crippen LogP contribution in [0.3, 0.4) is 0 Å². The zero-order valence-electron chi connectivity index (χ0n) is 16.1. The second kappa shape index (κ2) is 8.95. The summed E-state index contributed by atoms with van der Waals surface area (Å²) in [6, 6.07) is 5.14. The number of hydrogen-bond donors (Lipinski definition) is 0. The second-order valence-electron chi connectivity index (χ2n) is 6.44. The van der Waals surface area contributed by atoms with Crippen molar-refractivity contribution in [3.8, 4) is 0 Å². The quantitative estimate of drug-likeness (QED) is 0.481. The van der Waals surface area contributed by atoms with Gasteiger partial charge in [-0.2, -0.15) is 0 Å². The number of benzene rings is 1. The standard InChI is InChI=1S/C20H20N2O6S/c1-3-27-20(26)17-21-13(11-29-17)10-28-16(23)5-4-8-22-18(24)14-7-6-12(2)9-15(14)19(22)25/h6-7,9,11H,3-5,8,10H2,1-2H3. The van der Waals surface area contributed by atoms with Gasteiger partial charge in [-0.25, -0.2) is 9.78 Å². The number of carbonyl (C=O) groups is 4. The number of hydrogen-bond acceptors (Lipinski definition) is 8. The van der Waals surface area contributed by atoms with Crippen LogP contribution in [0.1, 0.15) is 61.5 Å². The van der Waals surface area contributed by atoms with Crippen LogP contribution in [0.2, 0.25) is 0 Å². The molecule has 0 saturated carbocycles. The van der Waals surface area contributed by atoms with Crippen LogP contribution in [0.15, 0.2) is 23.6 Å². The predicted octanol–water partition coefficient (Wildman–Crippen LogP) is 2.75. The molecule has 29 heavy (non-hydrogen) atoms. The summed E-state index contributed by atoms with van der Waals surface area (Å²) in [5, 5.41) is 1.83. The summed E-state index contributed by atoms with van der Waals surface area (Å²) in [5.41, 5.74) is 2.16. The Bertz CT molecular complexity index is 968. The predicted molar refractivity (Wildman–Crippen MR) is 104 cm³/mol. The van der Waals surface area contributed by atoms with Crippen molar-refractivity contribution in [1.29, 1.82) is 0 Å². The van der Waals surface area contributed by atoms with Gasteiger partial charge in [0.15, 0.2) is 0 Å². The Balaban J connectivity index is 1.44. The van der Waals surface area contributed by atoms with Crippen LogP contribution in [0.4, 0.5) is 0 Å². The summed E-state index contributed by atoms with van der Waals surface area (Å²) in [7, 11) is 0. The fraction of sp³-hybridized carbons (Fsp3) is 0.350. The molecule has 0 bridgehead atoms. The third kappa shape index (κ3) is 4.68. The van der Waals surface area contributed by atoms with Gasteiger partial charge in [0.05, 0.1) is 23.4 Å². The molecule has 0 fully saturated rings. The lowest BCUT2D eigenvalue weighted by molar-refractivity contribution is -0.145. The maximum absolute atomic E-state index is 12.4. The number of fused-ring (bicyclic) bond motifs is 1. The molecule has 1 aliphatic rings. The van der Waals surface area contributed by atoms with E-state index < -0.39 is 11.9 Å². The number of esters is 2. The van der Waals surface area contributed by atoms with E-state index in [2.05, 4.69) is 4.98 Å². The fourth-order valence-corrected chi connectivity index (χ4v) is 3.57. The number of carbonyl (C=O) groups excluding carboxylic acids is 4. The van der Waals surface area contributed by atoms with E-state index in [0.29, 0.717) is 23.2 Å². The molecule has 0 N–H and O–H groups in total. The van der Waals surface area contributed by atoms with Crippen LogP contribution >= 0.6 is 11.3 Å². The molecule has 2 amide bonds. The maximum Gasteiger partial charge on any atom is 0.367 e. The molecule has 152 valence electrons. The summed E-state index contributed by atoms with van der Waals surface area (Å²) in [6.45, 7) is 3.91. The van der Waals surface area contributed by atoms with E-state index >= 15 is 0 Å². The van der Waals surface area contributed by atoms with Crippen LogP contribution in [0.5, 0.6) is 0 Å². The van der Waals surface area contributed by atoms with Crippen molar-refractivity contribution in [2.24, 2.45) is 0 Å². The van der Waals surface area contributed by atoms with E-state index in [1.165, 1.54) is 0 Å². The van der Waals surface area contributed by atoms with E-state index in [4.69, 9.17) is 9.47 Å². The van der Waals surface area contributed by atoms with E-state index in [-0.39, 0.29) is 43.0 Å². The van der Waals surface area contributed by atoms with E-state index in [9.17, 15) is 19.2 Å². The van der Waals surface area contributed by atoms with Crippen molar-refractivity contribution >= 4 is 35.1 Å². The molecule has 1 aromatic heterocycles. The van der Waals surface area contributed by atoms with E-state index in [1.54, 1.807) is 30.5 Å². The number of nitrogens with zero attached hydrogens (tertiary/aromatic N) is 2. The van der Waals surface area contributed by atoms with Crippen molar-refractivity contribution in [3.05, 3.63) is 51.0 Å². The number of ether oxygens (including phenoxy) is 2. The second-order valence-corrected chi connectivity index (χ2v) is 7.30. The van der Waals surface area contributed by atoms with Crippen LogP contribution in [0, 0.1) is 6.92 Å². The molecule has 0 spiro atoms. The molecule has 0 atom stereocenters. The molecule has 2 heterocycles. The van der Waals surface area contributed by atoms with Gasteiger partial charge < -0.3 is 9.47 Å². The van der Waals surface area contributed by atoms with Crippen molar-refractivity contribution in [3.63, 3.8) is 0 Å². The van der Waals surface area contributed by atoms with E-state index in [1.807, 2.05) is 6.92 Å². The first-order valence-electron chi connectivity index (χ1n) is 9.14. The molecule has 2 aromatic rings. The highest BCUT2D eigenvalue weighted by atomic mass is 32.1. The molecular weight excluding hydrogens is 396 g/mol. The Morgan fingerprint density at radius 2 is 1.90 bits per heavy atom. The SMILES string of the molecule is CCOC(=O)c1nc(COC(=O)CCCN2C(=O)c3ccc(C)cc3C2=O)cs1. The average molecular weight is 416 g/mol. The third-order valence-electron chi connectivity index (χ3n) is 4.27. The third-order valence-corrected chi connectivity index (χ3v) is 5.14. The van der Waals surface area contributed by atoms with Crippen LogP contribution in [-0.4, -0.2) is 46.8 Å². The molecule has 9 heteroatoms. The average Bonchev–Trinajstić information content (AvgIpc) is 3.26. The molecule has 8 nitrogen and oxygen atoms in total. The Kier molecular flexibility index (Phi) is 6.38. The minimum absolute atomic E-state index is 0.0545. The lowest BCUT2D eigenvalue weighted by Gasteiger charge is -2.13. The van der Waals surface area contributed by atoms with Gasteiger partial charge in [0.2, 0.25) is 5.01 Å². The van der Waals surface area contributed by atoms with Crippen LogP contribution in [-0.2, 0) is 20.9 Å². The zero-order valence-corrected chi connectivity index (χ0v) is 16.9.